The summed E-state index contributed by atoms with van der Waals surface area (Å²) in [5.74, 6) is -0.658. The van der Waals surface area contributed by atoms with Gasteiger partial charge >= 0.3 is 5.69 Å². The number of nitrogens with one attached hydrogen (secondary N) is 1. The Hall–Kier alpha value is -4.08. The summed E-state index contributed by atoms with van der Waals surface area (Å²) in [5.41, 5.74) is 0.531. The molecule has 0 spiro atoms. The van der Waals surface area contributed by atoms with Crippen molar-refractivity contribution in [3.8, 4) is 17.0 Å². The third-order valence-corrected chi connectivity index (χ3v) is 4.53. The Kier molecular flexibility index (Phi) is 7.27. The van der Waals surface area contributed by atoms with E-state index < -0.39 is 22.3 Å². The maximum atomic E-state index is 13.4. The van der Waals surface area contributed by atoms with Crippen molar-refractivity contribution in [3.05, 3.63) is 80.9 Å². The van der Waals surface area contributed by atoms with Crippen LogP contribution in [0, 0.1) is 15.9 Å². The number of nitrogens with zero attached hydrogens (tertiary/aromatic N) is 3. The molecule has 1 N–H and O–H groups in total. The van der Waals surface area contributed by atoms with Gasteiger partial charge in [-0.2, -0.15) is 9.49 Å². The molecule has 166 valence electrons. The van der Waals surface area contributed by atoms with Crippen LogP contribution < -0.4 is 15.6 Å². The number of aryl methyl sites for hydroxylation is 1. The lowest BCUT2D eigenvalue weighted by molar-refractivity contribution is -0.387. The lowest BCUT2D eigenvalue weighted by atomic mass is 10.1. The zero-order chi connectivity index (χ0) is 23.1. The highest BCUT2D eigenvalue weighted by molar-refractivity contribution is 5.91. The minimum atomic E-state index is -0.981. The number of hydrogen-bond acceptors (Lipinski definition) is 6. The van der Waals surface area contributed by atoms with Crippen LogP contribution in [0.25, 0.3) is 11.3 Å². The van der Waals surface area contributed by atoms with Crippen LogP contribution in [0.2, 0.25) is 0 Å². The maximum Gasteiger partial charge on any atom is 0.306 e. The number of anilines is 1. The maximum absolute atomic E-state index is 13.4. The predicted octanol–water partition coefficient (Wildman–Crippen LogP) is 3.78. The average molecular weight is 440 g/mol. The van der Waals surface area contributed by atoms with Gasteiger partial charge in [-0.1, -0.05) is 0 Å². The molecule has 10 heteroatoms. The van der Waals surface area contributed by atoms with E-state index >= 15 is 0 Å². The van der Waals surface area contributed by atoms with E-state index in [1.54, 1.807) is 6.07 Å². The Labute approximate surface area is 182 Å². The predicted molar refractivity (Wildman–Crippen MR) is 116 cm³/mol. The summed E-state index contributed by atoms with van der Waals surface area (Å²) in [6.07, 6.45) is 0.362. The molecule has 1 aromatic heterocycles. The normalized spacial score (nSPS) is 10.6. The van der Waals surface area contributed by atoms with Crippen molar-refractivity contribution < 1.29 is 18.8 Å². The van der Waals surface area contributed by atoms with Crippen molar-refractivity contribution in [2.45, 2.75) is 26.3 Å². The van der Waals surface area contributed by atoms with Gasteiger partial charge in [-0.25, -0.2) is 4.68 Å². The molecule has 0 aliphatic heterocycles. The number of amides is 1. The number of hydrogen-bond donors (Lipinski definition) is 1. The van der Waals surface area contributed by atoms with E-state index in [0.29, 0.717) is 18.7 Å². The summed E-state index contributed by atoms with van der Waals surface area (Å²) in [5, 5.41) is 17.6. The Morgan fingerprint density at radius 3 is 2.62 bits per heavy atom. The fourth-order valence-corrected chi connectivity index (χ4v) is 2.99. The van der Waals surface area contributed by atoms with Crippen molar-refractivity contribution in [1.29, 1.82) is 0 Å². The molecule has 0 unspecified atom stereocenters. The number of nitro groups is 1. The molecule has 0 saturated carbocycles. The standard InChI is InChI=1S/C22H21FN4O5/c1-2-32-17-8-5-15(6-9-17)19-11-12-22(29)26(25-19)13-3-4-21(28)24-16-7-10-18(23)20(14-16)27(30)31/h5-12,14H,2-4,13H2,1H3,(H,24,28). The van der Waals surface area contributed by atoms with Crippen LogP contribution in [0.5, 0.6) is 5.75 Å². The average Bonchev–Trinajstić information content (AvgIpc) is 2.77. The molecule has 3 aromatic rings. The highest BCUT2D eigenvalue weighted by Crippen LogP contribution is 2.22. The molecule has 9 nitrogen and oxygen atoms in total. The molecule has 0 atom stereocenters. The molecule has 0 fully saturated rings. The molecule has 1 amide bonds. The van der Waals surface area contributed by atoms with Crippen LogP contribution in [0.1, 0.15) is 19.8 Å². The van der Waals surface area contributed by atoms with Crippen LogP contribution >= 0.6 is 0 Å². The largest absolute Gasteiger partial charge is 0.494 e. The minimum Gasteiger partial charge on any atom is -0.494 e. The van der Waals surface area contributed by atoms with Crippen LogP contribution in [0.15, 0.2) is 59.4 Å². The number of benzene rings is 2. The summed E-state index contributed by atoms with van der Waals surface area (Å²) in [4.78, 5) is 34.2. The first kappa shape index (κ1) is 22.6. The summed E-state index contributed by atoms with van der Waals surface area (Å²) in [7, 11) is 0. The van der Waals surface area contributed by atoms with Gasteiger partial charge in [0.05, 0.1) is 17.2 Å². The molecule has 0 aliphatic carbocycles. The first-order valence-corrected chi connectivity index (χ1v) is 9.92. The van der Waals surface area contributed by atoms with Gasteiger partial charge in [-0.3, -0.25) is 19.7 Å². The van der Waals surface area contributed by atoms with Crippen molar-refractivity contribution in [2.75, 3.05) is 11.9 Å². The zero-order valence-electron chi connectivity index (χ0n) is 17.3. The van der Waals surface area contributed by atoms with E-state index in [4.69, 9.17) is 4.74 Å². The lowest BCUT2D eigenvalue weighted by Gasteiger charge is -2.09. The Morgan fingerprint density at radius 2 is 1.94 bits per heavy atom. The quantitative estimate of drug-likeness (QED) is 0.400. The molecular weight excluding hydrogens is 419 g/mol. The number of carbonyl (C=O) groups is 1. The summed E-state index contributed by atoms with van der Waals surface area (Å²) in [6, 6.07) is 13.5. The van der Waals surface area contributed by atoms with Crippen molar-refractivity contribution in [3.63, 3.8) is 0 Å². The molecule has 1 heterocycles. The lowest BCUT2D eigenvalue weighted by Crippen LogP contribution is -2.23. The monoisotopic (exact) mass is 440 g/mol. The topological polar surface area (TPSA) is 116 Å². The number of carbonyl (C=O) groups excluding carboxylic acids is 1. The summed E-state index contributed by atoms with van der Waals surface area (Å²) < 4.78 is 20.1. The molecule has 0 aliphatic rings. The van der Waals surface area contributed by atoms with Crippen LogP contribution in [-0.2, 0) is 11.3 Å². The van der Waals surface area contributed by atoms with Crippen molar-refractivity contribution in [1.82, 2.24) is 9.78 Å². The second-order valence-electron chi connectivity index (χ2n) is 6.81. The number of aromatic nitrogens is 2. The molecule has 3 rings (SSSR count). The van der Waals surface area contributed by atoms with E-state index in [2.05, 4.69) is 10.4 Å². The van der Waals surface area contributed by atoms with E-state index in [9.17, 15) is 24.1 Å². The fraction of sp³-hybridized carbons (Fsp3) is 0.227. The van der Waals surface area contributed by atoms with Crippen molar-refractivity contribution >= 4 is 17.3 Å². The molecule has 0 saturated heterocycles. The van der Waals surface area contributed by atoms with Crippen LogP contribution in [0.4, 0.5) is 15.8 Å². The number of halogens is 1. The molecule has 32 heavy (non-hydrogen) atoms. The summed E-state index contributed by atoms with van der Waals surface area (Å²) in [6.45, 7) is 2.67. The minimum absolute atomic E-state index is 0.0482. The van der Waals surface area contributed by atoms with Crippen LogP contribution in [-0.4, -0.2) is 27.2 Å². The van der Waals surface area contributed by atoms with Gasteiger partial charge in [0.15, 0.2) is 0 Å². The highest BCUT2D eigenvalue weighted by Gasteiger charge is 2.15. The first-order chi connectivity index (χ1) is 15.4. The van der Waals surface area contributed by atoms with Gasteiger partial charge in [0.25, 0.3) is 5.56 Å². The SMILES string of the molecule is CCOc1ccc(-c2ccc(=O)n(CCCC(=O)Nc3ccc(F)c([N+](=O)[O-])c3)n2)cc1. The van der Waals surface area contributed by atoms with Gasteiger partial charge in [-0.05, 0) is 55.8 Å². The second-order valence-corrected chi connectivity index (χ2v) is 6.81. The van der Waals surface area contributed by atoms with Gasteiger partial charge in [0, 0.05) is 36.3 Å². The Bertz CT molecular complexity index is 1180. The smallest absolute Gasteiger partial charge is 0.306 e. The second kappa shape index (κ2) is 10.3. The van der Waals surface area contributed by atoms with Gasteiger partial charge in [-0.15, -0.1) is 0 Å². The Balaban J connectivity index is 1.60. The Morgan fingerprint density at radius 1 is 1.19 bits per heavy atom. The van der Waals surface area contributed by atoms with Gasteiger partial charge in [0.1, 0.15) is 5.75 Å². The highest BCUT2D eigenvalue weighted by atomic mass is 19.1. The third kappa shape index (κ3) is 5.75. The van der Waals surface area contributed by atoms with E-state index in [-0.39, 0.29) is 24.2 Å². The number of nitro benzene ring substituents is 1. The van der Waals surface area contributed by atoms with E-state index in [0.717, 1.165) is 23.4 Å². The van der Waals surface area contributed by atoms with Gasteiger partial charge in [0.2, 0.25) is 11.7 Å². The number of ether oxygens (including phenoxy) is 1. The van der Waals surface area contributed by atoms with E-state index in [1.165, 1.54) is 16.8 Å². The van der Waals surface area contributed by atoms with Gasteiger partial charge < -0.3 is 10.1 Å². The molecular formula is C22H21FN4O5. The zero-order valence-corrected chi connectivity index (χ0v) is 17.3. The van der Waals surface area contributed by atoms with Crippen LogP contribution in [0.3, 0.4) is 0 Å². The van der Waals surface area contributed by atoms with E-state index in [1.807, 2.05) is 31.2 Å². The van der Waals surface area contributed by atoms with Crippen molar-refractivity contribution in [2.24, 2.45) is 0 Å². The molecule has 2 aromatic carbocycles. The molecule has 0 radical (unpaired) electrons. The third-order valence-electron chi connectivity index (χ3n) is 4.53. The molecule has 0 bridgehead atoms. The first-order valence-electron chi connectivity index (χ1n) is 9.92. The fourth-order valence-electron chi connectivity index (χ4n) is 2.99. The summed E-state index contributed by atoms with van der Waals surface area (Å²) >= 11 is 0. The number of rotatable bonds is 9.